The highest BCUT2D eigenvalue weighted by atomic mass is 32.2. The minimum Gasteiger partial charge on any atom is -0.493 e. The summed E-state index contributed by atoms with van der Waals surface area (Å²) in [5, 5.41) is 5.62. The molecule has 216 valence electrons. The Balaban J connectivity index is 1.42. The van der Waals surface area contributed by atoms with E-state index in [9.17, 15) is 9.59 Å². The van der Waals surface area contributed by atoms with Gasteiger partial charge in [-0.2, -0.15) is 0 Å². The largest absolute Gasteiger partial charge is 0.493 e. The van der Waals surface area contributed by atoms with Crippen LogP contribution in [-0.2, 0) is 25.7 Å². The van der Waals surface area contributed by atoms with E-state index in [4.69, 9.17) is 23.9 Å². The van der Waals surface area contributed by atoms with E-state index in [-0.39, 0.29) is 25.0 Å². The molecule has 41 heavy (non-hydrogen) atoms. The Labute approximate surface area is 244 Å². The average Bonchev–Trinajstić information content (AvgIpc) is 3.65. The maximum absolute atomic E-state index is 13.3. The van der Waals surface area contributed by atoms with Gasteiger partial charge in [0.05, 0.1) is 43.6 Å². The Morgan fingerprint density at radius 3 is 2.73 bits per heavy atom. The SMILES string of the molecule is CCOC(=O)C1=C(C)N=C2SC=C(CC(=O)NC[C@H]3CCCO3)N2[C@H]1c1ccc(OCc2ccccc2)c(OC)c1. The molecule has 1 N–H and O–H groups in total. The molecule has 1 amide bonds. The molecule has 0 unspecified atom stereocenters. The summed E-state index contributed by atoms with van der Waals surface area (Å²) in [5.74, 6) is 0.567. The molecule has 1 fully saturated rings. The van der Waals surface area contributed by atoms with E-state index in [1.54, 1.807) is 14.0 Å². The highest BCUT2D eigenvalue weighted by Gasteiger charge is 2.41. The van der Waals surface area contributed by atoms with Gasteiger partial charge in [0.15, 0.2) is 16.7 Å². The maximum atomic E-state index is 13.3. The summed E-state index contributed by atoms with van der Waals surface area (Å²) in [5.41, 5.74) is 3.58. The lowest BCUT2D eigenvalue weighted by Gasteiger charge is -2.36. The third kappa shape index (κ3) is 6.60. The van der Waals surface area contributed by atoms with Crippen molar-refractivity contribution in [3.63, 3.8) is 0 Å². The molecule has 5 rings (SSSR count). The Hall–Kier alpha value is -3.76. The van der Waals surface area contributed by atoms with Crippen molar-refractivity contribution in [2.45, 2.75) is 51.9 Å². The summed E-state index contributed by atoms with van der Waals surface area (Å²) in [4.78, 5) is 32.9. The van der Waals surface area contributed by atoms with Gasteiger partial charge in [0.25, 0.3) is 0 Å². The zero-order valence-corrected chi connectivity index (χ0v) is 24.4. The van der Waals surface area contributed by atoms with Crippen LogP contribution < -0.4 is 14.8 Å². The van der Waals surface area contributed by atoms with Crippen LogP contribution >= 0.6 is 11.8 Å². The molecule has 10 heteroatoms. The fraction of sp³-hybridized carbons (Fsp3) is 0.387. The predicted octanol–water partition coefficient (Wildman–Crippen LogP) is 5.10. The number of ether oxygens (including phenoxy) is 4. The molecule has 0 bridgehead atoms. The Morgan fingerprint density at radius 1 is 1.17 bits per heavy atom. The van der Waals surface area contributed by atoms with Crippen molar-refractivity contribution in [1.29, 1.82) is 0 Å². The van der Waals surface area contributed by atoms with Gasteiger partial charge in [-0.1, -0.05) is 48.2 Å². The van der Waals surface area contributed by atoms with Gasteiger partial charge in [-0.25, -0.2) is 9.79 Å². The number of rotatable bonds is 11. The van der Waals surface area contributed by atoms with Crippen LogP contribution in [0.25, 0.3) is 0 Å². The van der Waals surface area contributed by atoms with Crippen molar-refractivity contribution in [3.05, 3.63) is 82.0 Å². The number of hydrogen-bond acceptors (Lipinski definition) is 9. The number of hydrogen-bond donors (Lipinski definition) is 1. The van der Waals surface area contributed by atoms with Crippen molar-refractivity contribution in [1.82, 2.24) is 10.2 Å². The number of amidine groups is 1. The van der Waals surface area contributed by atoms with Crippen LogP contribution in [0.3, 0.4) is 0 Å². The number of esters is 1. The molecule has 2 atom stereocenters. The van der Waals surface area contributed by atoms with Crippen LogP contribution in [0.15, 0.2) is 75.9 Å². The van der Waals surface area contributed by atoms with Crippen LogP contribution in [0, 0.1) is 0 Å². The molecule has 3 heterocycles. The standard InChI is InChI=1S/C31H35N3O6S/c1-4-38-30(36)28-20(2)33-31-34(23(19-41-31)16-27(35)32-17-24-11-8-14-39-24)29(28)22-12-13-25(26(15-22)37-3)40-18-21-9-6-5-7-10-21/h5-7,9-10,12-13,15,19,24,29H,4,8,11,14,16-18H2,1-3H3,(H,32,35)/t24-,29+/m1/s1. The van der Waals surface area contributed by atoms with E-state index in [2.05, 4.69) is 5.32 Å². The van der Waals surface area contributed by atoms with Gasteiger partial charge in [0.2, 0.25) is 5.91 Å². The van der Waals surface area contributed by atoms with E-state index >= 15 is 0 Å². The predicted molar refractivity (Wildman–Crippen MR) is 157 cm³/mol. The van der Waals surface area contributed by atoms with Crippen molar-refractivity contribution in [2.24, 2.45) is 4.99 Å². The van der Waals surface area contributed by atoms with E-state index in [0.29, 0.717) is 41.1 Å². The number of nitrogens with zero attached hydrogens (tertiary/aromatic N) is 2. The lowest BCUT2D eigenvalue weighted by molar-refractivity contribution is -0.139. The third-order valence-corrected chi connectivity index (χ3v) is 8.02. The molecule has 0 radical (unpaired) electrons. The summed E-state index contributed by atoms with van der Waals surface area (Å²) in [6, 6.07) is 15.0. The van der Waals surface area contributed by atoms with Crippen molar-refractivity contribution >= 4 is 28.8 Å². The van der Waals surface area contributed by atoms with Gasteiger partial charge >= 0.3 is 5.97 Å². The van der Waals surface area contributed by atoms with E-state index in [1.807, 2.05) is 65.8 Å². The molecule has 2 aromatic carbocycles. The van der Waals surface area contributed by atoms with Crippen molar-refractivity contribution in [2.75, 3.05) is 26.9 Å². The monoisotopic (exact) mass is 577 g/mol. The number of nitrogens with one attached hydrogen (secondary N) is 1. The molecule has 9 nitrogen and oxygen atoms in total. The van der Waals surface area contributed by atoms with Gasteiger partial charge < -0.3 is 29.2 Å². The maximum Gasteiger partial charge on any atom is 0.338 e. The Kier molecular flexibility index (Phi) is 9.31. The summed E-state index contributed by atoms with van der Waals surface area (Å²) < 4.78 is 22.9. The molecule has 0 saturated carbocycles. The van der Waals surface area contributed by atoms with Crippen LogP contribution in [0.5, 0.6) is 11.5 Å². The number of amides is 1. The second-order valence-electron chi connectivity index (χ2n) is 9.91. The molecule has 1 saturated heterocycles. The van der Waals surface area contributed by atoms with Gasteiger partial charge in [0, 0.05) is 18.8 Å². The number of benzene rings is 2. The van der Waals surface area contributed by atoms with Gasteiger partial charge in [-0.3, -0.25) is 4.79 Å². The van der Waals surface area contributed by atoms with Crippen molar-refractivity contribution < 1.29 is 28.5 Å². The zero-order chi connectivity index (χ0) is 28.8. The first-order valence-corrected chi connectivity index (χ1v) is 14.7. The second kappa shape index (κ2) is 13.3. The van der Waals surface area contributed by atoms with E-state index < -0.39 is 12.0 Å². The van der Waals surface area contributed by atoms with Crippen LogP contribution in [0.2, 0.25) is 0 Å². The average molecular weight is 578 g/mol. The summed E-state index contributed by atoms with van der Waals surface area (Å²) in [6.07, 6.45) is 2.16. The number of carbonyl (C=O) groups is 2. The zero-order valence-electron chi connectivity index (χ0n) is 23.6. The summed E-state index contributed by atoms with van der Waals surface area (Å²) in [7, 11) is 1.59. The smallest absolute Gasteiger partial charge is 0.338 e. The number of aliphatic imine (C=N–C) groups is 1. The van der Waals surface area contributed by atoms with Gasteiger partial charge in [0.1, 0.15) is 6.61 Å². The minimum absolute atomic E-state index is 0.0573. The summed E-state index contributed by atoms with van der Waals surface area (Å²) >= 11 is 1.43. The summed E-state index contributed by atoms with van der Waals surface area (Å²) in [6.45, 7) is 5.43. The fourth-order valence-electron chi connectivity index (χ4n) is 5.12. The normalized spacial score (nSPS) is 19.8. The van der Waals surface area contributed by atoms with Crippen molar-refractivity contribution in [3.8, 4) is 11.5 Å². The quantitative estimate of drug-likeness (QED) is 0.369. The highest BCUT2D eigenvalue weighted by molar-refractivity contribution is 8.16. The lowest BCUT2D eigenvalue weighted by Crippen LogP contribution is -2.38. The van der Waals surface area contributed by atoms with Gasteiger partial charge in [-0.05, 0) is 55.4 Å². The number of carbonyl (C=O) groups excluding carboxylic acids is 2. The number of thioether (sulfide) groups is 1. The Bertz CT molecular complexity index is 1370. The fourth-order valence-corrected chi connectivity index (χ4v) is 6.09. The number of methoxy groups -OCH3 is 1. The third-order valence-electron chi connectivity index (χ3n) is 7.13. The minimum atomic E-state index is -0.564. The van der Waals surface area contributed by atoms with Crippen LogP contribution in [0.4, 0.5) is 0 Å². The molecule has 2 aromatic rings. The first-order valence-electron chi connectivity index (χ1n) is 13.8. The molecule has 0 spiro atoms. The Morgan fingerprint density at radius 2 is 2.00 bits per heavy atom. The van der Waals surface area contributed by atoms with E-state index in [1.165, 1.54) is 11.8 Å². The topological polar surface area (TPSA) is 98.7 Å². The lowest BCUT2D eigenvalue weighted by atomic mass is 9.93. The van der Waals surface area contributed by atoms with Gasteiger partial charge in [-0.15, -0.1) is 0 Å². The van der Waals surface area contributed by atoms with Crippen LogP contribution in [0.1, 0.15) is 50.3 Å². The molecule has 0 aliphatic carbocycles. The number of allylic oxidation sites excluding steroid dienone is 1. The molecular formula is C31H35N3O6S. The first-order chi connectivity index (χ1) is 20.0. The molecular weight excluding hydrogens is 542 g/mol. The number of fused-ring (bicyclic) bond motifs is 1. The van der Waals surface area contributed by atoms with E-state index in [0.717, 1.165) is 36.3 Å². The van der Waals surface area contributed by atoms with Crippen LogP contribution in [-0.4, -0.2) is 54.9 Å². The highest BCUT2D eigenvalue weighted by Crippen LogP contribution is 2.46. The first kappa shape index (κ1) is 28.8. The second-order valence-corrected chi connectivity index (χ2v) is 10.8. The molecule has 0 aromatic heterocycles. The molecule has 3 aliphatic heterocycles. The molecule has 3 aliphatic rings.